The molecule has 0 saturated heterocycles. The van der Waals surface area contributed by atoms with Crippen molar-refractivity contribution in [3.8, 4) is 0 Å². The van der Waals surface area contributed by atoms with Gasteiger partial charge in [-0.15, -0.1) is 0 Å². The third kappa shape index (κ3) is 12.4. The highest BCUT2D eigenvalue weighted by Crippen LogP contribution is 2.03. The first-order valence-electron chi connectivity index (χ1n) is 5.66. The summed E-state index contributed by atoms with van der Waals surface area (Å²) in [6.45, 7) is 2.15. The lowest BCUT2D eigenvalue weighted by molar-refractivity contribution is 0.127. The molecule has 0 radical (unpaired) electrons. The van der Waals surface area contributed by atoms with Crippen LogP contribution in [0.3, 0.4) is 0 Å². The smallest absolute Gasteiger partial charge is 0.0466 e. The van der Waals surface area contributed by atoms with Gasteiger partial charge in [-0.2, -0.15) is 0 Å². The maximum Gasteiger partial charge on any atom is 0.0466 e. The van der Waals surface area contributed by atoms with E-state index in [-0.39, 0.29) is 0 Å². The second kappa shape index (κ2) is 13.4. The highest BCUT2D eigenvalue weighted by atomic mass is 79.9. The molecule has 0 fully saturated rings. The minimum atomic E-state index is 0.336. The van der Waals surface area contributed by atoms with Crippen LogP contribution in [0.5, 0.6) is 0 Å². The van der Waals surface area contributed by atoms with Crippen LogP contribution in [-0.2, 0) is 4.74 Å². The van der Waals surface area contributed by atoms with Crippen molar-refractivity contribution in [3.05, 3.63) is 0 Å². The Morgan fingerprint density at radius 3 is 2.00 bits per heavy atom. The number of aliphatic hydroxyl groups is 1. The molecule has 0 aliphatic rings. The van der Waals surface area contributed by atoms with Crippen LogP contribution in [0.15, 0.2) is 0 Å². The molecule has 0 aromatic carbocycles. The minimum absolute atomic E-state index is 0.336. The molecule has 0 unspecified atom stereocenters. The molecule has 0 rings (SSSR count). The van der Waals surface area contributed by atoms with Crippen LogP contribution in [0, 0.1) is 0 Å². The van der Waals surface area contributed by atoms with Crippen LogP contribution in [0.1, 0.15) is 44.9 Å². The lowest BCUT2D eigenvalue weighted by atomic mass is 10.1. The Labute approximate surface area is 96.2 Å². The van der Waals surface area contributed by atoms with Crippen molar-refractivity contribution >= 4 is 15.9 Å². The van der Waals surface area contributed by atoms with Gasteiger partial charge in [0, 0.05) is 25.2 Å². The summed E-state index contributed by atoms with van der Waals surface area (Å²) >= 11 is 3.39. The van der Waals surface area contributed by atoms with E-state index < -0.39 is 0 Å². The second-order valence-corrected chi connectivity index (χ2v) is 4.29. The van der Waals surface area contributed by atoms with E-state index in [1.165, 1.54) is 25.7 Å². The Hall–Kier alpha value is 0.400. The third-order valence-corrected chi connectivity index (χ3v) is 2.68. The molecule has 0 aromatic heterocycles. The normalized spacial score (nSPS) is 10.7. The zero-order chi connectivity index (χ0) is 10.5. The SMILES string of the molecule is OCCCCCCCOCCCCBr. The van der Waals surface area contributed by atoms with Crippen LogP contribution < -0.4 is 0 Å². The predicted octanol–water partition coefficient (Wildman–Crippen LogP) is 3.12. The Kier molecular flexibility index (Phi) is 13.8. The Morgan fingerprint density at radius 2 is 1.36 bits per heavy atom. The zero-order valence-corrected chi connectivity index (χ0v) is 10.6. The second-order valence-electron chi connectivity index (χ2n) is 3.50. The standard InChI is InChI=1S/C11H23BrO2/c12-8-4-7-11-14-10-6-3-1-2-5-9-13/h13H,1-11H2. The van der Waals surface area contributed by atoms with Crippen molar-refractivity contribution in [2.75, 3.05) is 25.2 Å². The molecule has 0 heterocycles. The van der Waals surface area contributed by atoms with E-state index in [1.807, 2.05) is 0 Å². The number of aliphatic hydroxyl groups excluding tert-OH is 1. The molecular formula is C11H23BrO2. The molecular weight excluding hydrogens is 244 g/mol. The molecule has 0 saturated carbocycles. The van der Waals surface area contributed by atoms with Crippen molar-refractivity contribution in [2.45, 2.75) is 44.9 Å². The minimum Gasteiger partial charge on any atom is -0.396 e. The molecule has 14 heavy (non-hydrogen) atoms. The molecule has 0 spiro atoms. The number of alkyl halides is 1. The lowest BCUT2D eigenvalue weighted by Gasteiger charge is -2.03. The fourth-order valence-corrected chi connectivity index (χ4v) is 1.64. The van der Waals surface area contributed by atoms with Gasteiger partial charge in [0.15, 0.2) is 0 Å². The van der Waals surface area contributed by atoms with Gasteiger partial charge >= 0.3 is 0 Å². The predicted molar refractivity (Wildman–Crippen MR) is 64.0 cm³/mol. The van der Waals surface area contributed by atoms with Crippen molar-refractivity contribution in [1.82, 2.24) is 0 Å². The molecule has 0 aliphatic heterocycles. The highest BCUT2D eigenvalue weighted by molar-refractivity contribution is 9.09. The van der Waals surface area contributed by atoms with Gasteiger partial charge in [0.05, 0.1) is 0 Å². The third-order valence-electron chi connectivity index (χ3n) is 2.12. The molecule has 0 aromatic rings. The van der Waals surface area contributed by atoms with Gasteiger partial charge in [-0.05, 0) is 25.7 Å². The molecule has 86 valence electrons. The van der Waals surface area contributed by atoms with Crippen molar-refractivity contribution in [2.24, 2.45) is 0 Å². The van der Waals surface area contributed by atoms with Crippen molar-refractivity contribution < 1.29 is 9.84 Å². The van der Waals surface area contributed by atoms with E-state index in [4.69, 9.17) is 9.84 Å². The Bertz CT molecular complexity index is 87.3. The van der Waals surface area contributed by atoms with E-state index in [1.54, 1.807) is 0 Å². The largest absolute Gasteiger partial charge is 0.396 e. The summed E-state index contributed by atoms with van der Waals surface area (Å²) < 4.78 is 5.47. The molecule has 0 atom stereocenters. The van der Waals surface area contributed by atoms with Gasteiger partial charge in [0.1, 0.15) is 0 Å². The van der Waals surface area contributed by atoms with Crippen molar-refractivity contribution in [1.29, 1.82) is 0 Å². The molecule has 0 aliphatic carbocycles. The fourth-order valence-electron chi connectivity index (χ4n) is 1.25. The van der Waals surface area contributed by atoms with E-state index in [2.05, 4.69) is 15.9 Å². The van der Waals surface area contributed by atoms with Gasteiger partial charge in [0.25, 0.3) is 0 Å². The first-order valence-corrected chi connectivity index (χ1v) is 6.78. The highest BCUT2D eigenvalue weighted by Gasteiger charge is 1.91. The summed E-state index contributed by atoms with van der Waals surface area (Å²) in [7, 11) is 0. The maximum atomic E-state index is 8.56. The average Bonchev–Trinajstić information content (AvgIpc) is 2.21. The fraction of sp³-hybridized carbons (Fsp3) is 1.00. The molecule has 2 nitrogen and oxygen atoms in total. The van der Waals surface area contributed by atoms with E-state index in [0.717, 1.165) is 37.8 Å². The van der Waals surface area contributed by atoms with Gasteiger partial charge in [-0.1, -0.05) is 35.2 Å². The summed E-state index contributed by atoms with van der Waals surface area (Å²) in [6.07, 6.45) is 8.10. The van der Waals surface area contributed by atoms with E-state index >= 15 is 0 Å². The number of ether oxygens (including phenoxy) is 1. The van der Waals surface area contributed by atoms with E-state index in [0.29, 0.717) is 6.61 Å². The van der Waals surface area contributed by atoms with Crippen LogP contribution in [0.4, 0.5) is 0 Å². The number of hydrogen-bond donors (Lipinski definition) is 1. The van der Waals surface area contributed by atoms with Crippen LogP contribution in [-0.4, -0.2) is 30.3 Å². The Balaban J connectivity index is 2.78. The van der Waals surface area contributed by atoms with Gasteiger partial charge in [-0.3, -0.25) is 0 Å². The number of halogens is 1. The van der Waals surface area contributed by atoms with Crippen LogP contribution >= 0.6 is 15.9 Å². The first-order chi connectivity index (χ1) is 6.91. The van der Waals surface area contributed by atoms with Crippen LogP contribution in [0.25, 0.3) is 0 Å². The van der Waals surface area contributed by atoms with Gasteiger partial charge in [0.2, 0.25) is 0 Å². The zero-order valence-electron chi connectivity index (χ0n) is 9.01. The number of unbranched alkanes of at least 4 members (excludes halogenated alkanes) is 5. The number of rotatable bonds is 11. The summed E-state index contributed by atoms with van der Waals surface area (Å²) in [5, 5.41) is 9.64. The quantitative estimate of drug-likeness (QED) is 0.460. The Morgan fingerprint density at radius 1 is 0.786 bits per heavy atom. The van der Waals surface area contributed by atoms with Gasteiger partial charge in [-0.25, -0.2) is 0 Å². The topological polar surface area (TPSA) is 29.5 Å². The van der Waals surface area contributed by atoms with Crippen LogP contribution in [0.2, 0.25) is 0 Å². The molecule has 1 N–H and O–H groups in total. The lowest BCUT2D eigenvalue weighted by Crippen LogP contribution is -1.97. The van der Waals surface area contributed by atoms with E-state index in [9.17, 15) is 0 Å². The summed E-state index contributed by atoms with van der Waals surface area (Å²) in [4.78, 5) is 0. The molecule has 3 heteroatoms. The number of hydrogen-bond acceptors (Lipinski definition) is 2. The summed E-state index contributed by atoms with van der Waals surface area (Å²) in [5.41, 5.74) is 0. The van der Waals surface area contributed by atoms with Crippen molar-refractivity contribution in [3.63, 3.8) is 0 Å². The molecule has 0 bridgehead atoms. The monoisotopic (exact) mass is 266 g/mol. The first kappa shape index (κ1) is 14.4. The van der Waals surface area contributed by atoms with Gasteiger partial charge < -0.3 is 9.84 Å². The summed E-state index contributed by atoms with van der Waals surface area (Å²) in [6, 6.07) is 0. The average molecular weight is 267 g/mol. The molecule has 0 amide bonds. The maximum absolute atomic E-state index is 8.56. The summed E-state index contributed by atoms with van der Waals surface area (Å²) in [5.74, 6) is 0.